The Hall–Kier alpha value is 0. The highest BCUT2D eigenvalue weighted by Gasteiger charge is 2.16. The van der Waals surface area contributed by atoms with Crippen LogP contribution >= 0.6 is 0 Å². The molecule has 1 unspecified atom stereocenters. The second-order valence-corrected chi connectivity index (χ2v) is 9.11. The average molecular weight is 380 g/mol. The summed E-state index contributed by atoms with van der Waals surface area (Å²) in [5.41, 5.74) is 0. The number of rotatable bonds is 22. The molecule has 0 rings (SSSR count). The van der Waals surface area contributed by atoms with Gasteiger partial charge in [-0.15, -0.1) is 0 Å². The maximum atomic E-state index is 2.85. The lowest BCUT2D eigenvalue weighted by Crippen LogP contribution is -2.11. The smallest absolute Gasteiger partial charge is 0.0324 e. The standard InChI is InChI=1S/C27H55/c1-5-9-13-16-17-20-24-26(21-12-8-4)25-27(22-18-14-10-6-2)23-19-15-11-7-3/h25-27H,5-24H2,1-4H3. The summed E-state index contributed by atoms with van der Waals surface area (Å²) in [5, 5.41) is 0. The summed E-state index contributed by atoms with van der Waals surface area (Å²) in [5.74, 6) is 1.80. The Kier molecular flexibility index (Phi) is 22.3. The largest absolute Gasteiger partial charge is 0.0654 e. The molecule has 0 fully saturated rings. The van der Waals surface area contributed by atoms with Gasteiger partial charge >= 0.3 is 0 Å². The van der Waals surface area contributed by atoms with Crippen molar-refractivity contribution in [2.45, 2.75) is 156 Å². The van der Waals surface area contributed by atoms with Crippen molar-refractivity contribution in [1.82, 2.24) is 0 Å². The molecular formula is C27H55. The normalized spacial score (nSPS) is 12.8. The molecular weight excluding hydrogens is 324 g/mol. The van der Waals surface area contributed by atoms with Gasteiger partial charge < -0.3 is 0 Å². The van der Waals surface area contributed by atoms with Crippen molar-refractivity contribution < 1.29 is 0 Å². The van der Waals surface area contributed by atoms with Gasteiger partial charge in [-0.3, -0.25) is 0 Å². The Balaban J connectivity index is 4.31. The molecule has 0 bridgehead atoms. The van der Waals surface area contributed by atoms with Crippen LogP contribution in [0.2, 0.25) is 0 Å². The summed E-state index contributed by atoms with van der Waals surface area (Å²) >= 11 is 0. The maximum absolute atomic E-state index is 2.85. The van der Waals surface area contributed by atoms with Gasteiger partial charge in [-0.1, -0.05) is 156 Å². The maximum Gasteiger partial charge on any atom is -0.0324 e. The van der Waals surface area contributed by atoms with Gasteiger partial charge in [-0.05, 0) is 18.3 Å². The molecule has 0 heterocycles. The lowest BCUT2D eigenvalue weighted by molar-refractivity contribution is 0.368. The monoisotopic (exact) mass is 379 g/mol. The molecule has 0 N–H and O–H groups in total. The molecule has 0 nitrogen and oxygen atoms in total. The SMILES string of the molecule is CCCCCCCCC([CH]C(CCCCCC)CCCCCC)CCCC. The molecule has 0 aromatic carbocycles. The van der Waals surface area contributed by atoms with E-state index in [1.54, 1.807) is 0 Å². The van der Waals surface area contributed by atoms with E-state index in [-0.39, 0.29) is 0 Å². The predicted molar refractivity (Wildman–Crippen MR) is 126 cm³/mol. The summed E-state index contributed by atoms with van der Waals surface area (Å²) in [6.45, 7) is 9.33. The summed E-state index contributed by atoms with van der Waals surface area (Å²) in [6.07, 6.45) is 31.5. The average Bonchev–Trinajstić information content (AvgIpc) is 2.68. The molecule has 1 radical (unpaired) electrons. The molecule has 0 spiro atoms. The van der Waals surface area contributed by atoms with E-state index < -0.39 is 0 Å². The van der Waals surface area contributed by atoms with Crippen molar-refractivity contribution in [2.24, 2.45) is 11.8 Å². The third-order valence-corrected chi connectivity index (χ3v) is 6.26. The quantitative estimate of drug-likeness (QED) is 0.164. The van der Waals surface area contributed by atoms with Gasteiger partial charge in [0.25, 0.3) is 0 Å². The summed E-state index contributed by atoms with van der Waals surface area (Å²) in [6, 6.07) is 0. The topological polar surface area (TPSA) is 0 Å². The van der Waals surface area contributed by atoms with E-state index in [0.717, 1.165) is 11.8 Å². The fraction of sp³-hybridized carbons (Fsp3) is 0.963. The van der Waals surface area contributed by atoms with Gasteiger partial charge in [0.15, 0.2) is 0 Å². The molecule has 27 heavy (non-hydrogen) atoms. The fourth-order valence-electron chi connectivity index (χ4n) is 4.38. The molecule has 0 amide bonds. The number of hydrogen-bond donors (Lipinski definition) is 0. The van der Waals surface area contributed by atoms with Crippen LogP contribution in [-0.2, 0) is 0 Å². The zero-order valence-corrected chi connectivity index (χ0v) is 19.9. The molecule has 0 aromatic heterocycles. The van der Waals surface area contributed by atoms with Gasteiger partial charge in [0.2, 0.25) is 0 Å². The van der Waals surface area contributed by atoms with Crippen molar-refractivity contribution in [3.63, 3.8) is 0 Å². The zero-order valence-electron chi connectivity index (χ0n) is 19.9. The first-order valence-electron chi connectivity index (χ1n) is 13.1. The van der Waals surface area contributed by atoms with Crippen LogP contribution in [0.1, 0.15) is 156 Å². The first-order chi connectivity index (χ1) is 13.3. The lowest BCUT2D eigenvalue weighted by atomic mass is 9.82. The van der Waals surface area contributed by atoms with E-state index >= 15 is 0 Å². The number of unbranched alkanes of at least 4 members (excludes halogenated alkanes) is 12. The highest BCUT2D eigenvalue weighted by Crippen LogP contribution is 2.29. The highest BCUT2D eigenvalue weighted by molar-refractivity contribution is 4.84. The Bertz CT molecular complexity index is 245. The molecule has 1 atom stereocenters. The molecule has 0 heteroatoms. The van der Waals surface area contributed by atoms with E-state index in [9.17, 15) is 0 Å². The zero-order chi connectivity index (χ0) is 20.0. The van der Waals surface area contributed by atoms with Gasteiger partial charge in [0, 0.05) is 0 Å². The van der Waals surface area contributed by atoms with E-state index in [1.807, 2.05) is 0 Å². The van der Waals surface area contributed by atoms with Crippen LogP contribution in [0.25, 0.3) is 0 Å². The van der Waals surface area contributed by atoms with E-state index in [1.165, 1.54) is 128 Å². The van der Waals surface area contributed by atoms with Crippen LogP contribution in [0.4, 0.5) is 0 Å². The lowest BCUT2D eigenvalue weighted by Gasteiger charge is -2.24. The van der Waals surface area contributed by atoms with Crippen LogP contribution in [0.15, 0.2) is 0 Å². The Morgan fingerprint density at radius 2 is 0.667 bits per heavy atom. The van der Waals surface area contributed by atoms with Gasteiger partial charge in [-0.25, -0.2) is 0 Å². The van der Waals surface area contributed by atoms with Gasteiger partial charge in [0.1, 0.15) is 0 Å². The predicted octanol–water partition coefficient (Wildman–Crippen LogP) is 10.3. The molecule has 163 valence electrons. The highest BCUT2D eigenvalue weighted by atomic mass is 14.2. The second-order valence-electron chi connectivity index (χ2n) is 9.11. The minimum atomic E-state index is 0.901. The van der Waals surface area contributed by atoms with Crippen LogP contribution in [0.5, 0.6) is 0 Å². The minimum absolute atomic E-state index is 0.901. The molecule has 0 aliphatic carbocycles. The van der Waals surface area contributed by atoms with E-state index in [2.05, 4.69) is 34.1 Å². The summed E-state index contributed by atoms with van der Waals surface area (Å²) < 4.78 is 0. The van der Waals surface area contributed by atoms with Crippen LogP contribution in [0, 0.1) is 18.3 Å². The molecule has 0 saturated heterocycles. The molecule has 0 aliphatic heterocycles. The summed E-state index contributed by atoms with van der Waals surface area (Å²) in [4.78, 5) is 0. The van der Waals surface area contributed by atoms with Crippen molar-refractivity contribution in [3.8, 4) is 0 Å². The first-order valence-corrected chi connectivity index (χ1v) is 13.1. The minimum Gasteiger partial charge on any atom is -0.0654 e. The van der Waals surface area contributed by atoms with Crippen molar-refractivity contribution in [2.75, 3.05) is 0 Å². The van der Waals surface area contributed by atoms with Gasteiger partial charge in [0.05, 0.1) is 0 Å². The van der Waals surface area contributed by atoms with Crippen LogP contribution in [-0.4, -0.2) is 0 Å². The second kappa shape index (κ2) is 22.3. The molecule has 0 aromatic rings. The first kappa shape index (κ1) is 27.0. The van der Waals surface area contributed by atoms with Crippen molar-refractivity contribution >= 4 is 0 Å². The molecule has 0 saturated carbocycles. The van der Waals surface area contributed by atoms with Crippen molar-refractivity contribution in [3.05, 3.63) is 6.42 Å². The Labute approximate surface area is 174 Å². The van der Waals surface area contributed by atoms with Crippen LogP contribution in [0.3, 0.4) is 0 Å². The van der Waals surface area contributed by atoms with Gasteiger partial charge in [-0.2, -0.15) is 0 Å². The molecule has 0 aliphatic rings. The Morgan fingerprint density at radius 3 is 1.07 bits per heavy atom. The Morgan fingerprint density at radius 1 is 0.370 bits per heavy atom. The van der Waals surface area contributed by atoms with Crippen LogP contribution < -0.4 is 0 Å². The van der Waals surface area contributed by atoms with E-state index in [4.69, 9.17) is 0 Å². The third-order valence-electron chi connectivity index (χ3n) is 6.26. The fourth-order valence-corrected chi connectivity index (χ4v) is 4.38. The third kappa shape index (κ3) is 19.1. The number of hydrogen-bond acceptors (Lipinski definition) is 0. The summed E-state index contributed by atoms with van der Waals surface area (Å²) in [7, 11) is 0. The van der Waals surface area contributed by atoms with Crippen molar-refractivity contribution in [1.29, 1.82) is 0 Å². The van der Waals surface area contributed by atoms with E-state index in [0.29, 0.717) is 0 Å².